The first-order valence-corrected chi connectivity index (χ1v) is 7.74. The zero-order valence-corrected chi connectivity index (χ0v) is 13.1. The third kappa shape index (κ3) is 3.53. The molecule has 0 saturated heterocycles. The fourth-order valence-electron chi connectivity index (χ4n) is 2.47. The maximum Gasteiger partial charge on any atom is 0.426 e. The quantitative estimate of drug-likeness (QED) is 0.576. The molecule has 1 heterocycles. The van der Waals surface area contributed by atoms with E-state index in [2.05, 4.69) is 6.92 Å². The second-order valence-electron chi connectivity index (χ2n) is 5.50. The summed E-state index contributed by atoms with van der Waals surface area (Å²) in [6.07, 6.45) is 5.50. The second kappa shape index (κ2) is 7.20. The molecule has 1 aromatic carbocycles. The lowest BCUT2D eigenvalue weighted by molar-refractivity contribution is 0.0895. The summed E-state index contributed by atoms with van der Waals surface area (Å²) in [4.78, 5) is 35.5. The molecular formula is C17H21NO4. The minimum atomic E-state index is -0.686. The molecule has 5 nitrogen and oxygen atoms in total. The van der Waals surface area contributed by atoms with E-state index in [4.69, 9.17) is 4.42 Å². The summed E-state index contributed by atoms with van der Waals surface area (Å²) >= 11 is 0. The van der Waals surface area contributed by atoms with Gasteiger partial charge in [0.25, 0.3) is 0 Å². The van der Waals surface area contributed by atoms with Gasteiger partial charge in [0.05, 0.1) is 5.52 Å². The lowest BCUT2D eigenvalue weighted by Gasteiger charge is -2.02. The van der Waals surface area contributed by atoms with E-state index < -0.39 is 5.76 Å². The number of carbonyl (C=O) groups excluding carboxylic acids is 2. The number of nitrogens with zero attached hydrogens (tertiary/aromatic N) is 1. The average Bonchev–Trinajstić information content (AvgIpc) is 2.81. The SMILES string of the molecule is CCCCCCCC(=O)n1c(=O)oc2cc(C(C)=O)ccc21. The highest BCUT2D eigenvalue weighted by Crippen LogP contribution is 2.16. The molecule has 0 spiro atoms. The van der Waals surface area contributed by atoms with Gasteiger partial charge in [0.1, 0.15) is 0 Å². The number of rotatable bonds is 7. The molecular weight excluding hydrogens is 282 g/mol. The Bertz CT molecular complexity index is 739. The van der Waals surface area contributed by atoms with Gasteiger partial charge in [-0.3, -0.25) is 9.59 Å². The van der Waals surface area contributed by atoms with E-state index in [0.717, 1.165) is 36.7 Å². The zero-order valence-electron chi connectivity index (χ0n) is 13.1. The predicted octanol–water partition coefficient (Wildman–Crippen LogP) is 3.80. The number of unbranched alkanes of at least 4 members (excludes halogenated alkanes) is 4. The maximum absolute atomic E-state index is 12.2. The minimum absolute atomic E-state index is 0.112. The maximum atomic E-state index is 12.2. The number of aromatic nitrogens is 1. The van der Waals surface area contributed by atoms with Crippen molar-refractivity contribution in [1.82, 2.24) is 4.57 Å². The second-order valence-corrected chi connectivity index (χ2v) is 5.50. The summed E-state index contributed by atoms with van der Waals surface area (Å²) < 4.78 is 6.16. The van der Waals surface area contributed by atoms with E-state index in [1.807, 2.05) is 0 Å². The van der Waals surface area contributed by atoms with E-state index in [1.54, 1.807) is 12.1 Å². The van der Waals surface area contributed by atoms with Crippen molar-refractivity contribution in [3.05, 3.63) is 34.3 Å². The number of benzene rings is 1. The van der Waals surface area contributed by atoms with Gasteiger partial charge in [-0.15, -0.1) is 0 Å². The van der Waals surface area contributed by atoms with Gasteiger partial charge in [-0.05, 0) is 31.5 Å². The molecule has 0 atom stereocenters. The normalized spacial score (nSPS) is 11.0. The Morgan fingerprint density at radius 1 is 1.14 bits per heavy atom. The van der Waals surface area contributed by atoms with Crippen molar-refractivity contribution in [2.24, 2.45) is 0 Å². The van der Waals surface area contributed by atoms with Crippen LogP contribution in [0.4, 0.5) is 0 Å². The molecule has 0 saturated carbocycles. The Balaban J connectivity index is 2.17. The van der Waals surface area contributed by atoms with Crippen LogP contribution in [-0.4, -0.2) is 16.3 Å². The smallest absolute Gasteiger partial charge is 0.407 e. The summed E-state index contributed by atoms with van der Waals surface area (Å²) in [5, 5.41) is 0. The van der Waals surface area contributed by atoms with Crippen LogP contribution < -0.4 is 5.76 Å². The molecule has 0 aliphatic heterocycles. The van der Waals surface area contributed by atoms with Gasteiger partial charge < -0.3 is 4.42 Å². The number of Topliss-reactive ketones (excluding diaryl/α,β-unsaturated/α-hetero) is 1. The molecule has 5 heteroatoms. The minimum Gasteiger partial charge on any atom is -0.407 e. The predicted molar refractivity (Wildman–Crippen MR) is 84.5 cm³/mol. The van der Waals surface area contributed by atoms with Crippen LogP contribution in [0.1, 0.15) is 67.5 Å². The topological polar surface area (TPSA) is 69.3 Å². The van der Waals surface area contributed by atoms with Crippen LogP contribution in [0.25, 0.3) is 11.1 Å². The number of fused-ring (bicyclic) bond motifs is 1. The van der Waals surface area contributed by atoms with Crippen molar-refractivity contribution in [2.75, 3.05) is 0 Å². The van der Waals surface area contributed by atoms with Crippen LogP contribution in [0.5, 0.6) is 0 Å². The van der Waals surface area contributed by atoms with E-state index in [0.29, 0.717) is 17.5 Å². The van der Waals surface area contributed by atoms with Crippen LogP contribution >= 0.6 is 0 Å². The number of oxazole rings is 1. The van der Waals surface area contributed by atoms with E-state index in [-0.39, 0.29) is 17.3 Å². The van der Waals surface area contributed by atoms with Crippen molar-refractivity contribution < 1.29 is 14.0 Å². The van der Waals surface area contributed by atoms with Crippen molar-refractivity contribution in [1.29, 1.82) is 0 Å². The first-order chi connectivity index (χ1) is 10.5. The number of carbonyl (C=O) groups is 2. The zero-order chi connectivity index (χ0) is 16.1. The molecule has 1 aromatic heterocycles. The van der Waals surface area contributed by atoms with Gasteiger partial charge in [-0.25, -0.2) is 9.36 Å². The van der Waals surface area contributed by atoms with Gasteiger partial charge in [0.2, 0.25) is 5.91 Å². The lowest BCUT2D eigenvalue weighted by Crippen LogP contribution is -2.22. The molecule has 0 amide bonds. The standard InChI is InChI=1S/C17H21NO4/c1-3-4-5-6-7-8-16(20)18-14-10-9-13(12(2)19)11-15(14)22-17(18)21/h9-11H,3-8H2,1-2H3. The Hall–Kier alpha value is -2.17. The van der Waals surface area contributed by atoms with Gasteiger partial charge in [0, 0.05) is 12.0 Å². The highest BCUT2D eigenvalue weighted by molar-refractivity contribution is 5.98. The first kappa shape index (κ1) is 16.2. The van der Waals surface area contributed by atoms with Crippen molar-refractivity contribution in [3.8, 4) is 0 Å². The summed E-state index contributed by atoms with van der Waals surface area (Å²) in [6.45, 7) is 3.58. The van der Waals surface area contributed by atoms with Crippen LogP contribution in [0.15, 0.2) is 27.4 Å². The highest BCUT2D eigenvalue weighted by Gasteiger charge is 2.16. The summed E-state index contributed by atoms with van der Waals surface area (Å²) in [7, 11) is 0. The molecule has 0 fully saturated rings. The van der Waals surface area contributed by atoms with Gasteiger partial charge in [-0.2, -0.15) is 0 Å². The van der Waals surface area contributed by atoms with Gasteiger partial charge in [0.15, 0.2) is 11.4 Å². The summed E-state index contributed by atoms with van der Waals surface area (Å²) in [6, 6.07) is 4.70. The van der Waals surface area contributed by atoms with Crippen LogP contribution in [0, 0.1) is 0 Å². The highest BCUT2D eigenvalue weighted by atomic mass is 16.4. The summed E-state index contributed by atoms with van der Waals surface area (Å²) in [5.41, 5.74) is 1.16. The molecule has 2 aromatic rings. The largest absolute Gasteiger partial charge is 0.426 e. The molecule has 118 valence electrons. The average molecular weight is 303 g/mol. The first-order valence-electron chi connectivity index (χ1n) is 7.74. The van der Waals surface area contributed by atoms with E-state index >= 15 is 0 Å². The van der Waals surface area contributed by atoms with Crippen LogP contribution in [0.3, 0.4) is 0 Å². The van der Waals surface area contributed by atoms with E-state index in [1.165, 1.54) is 13.0 Å². The molecule has 0 bridgehead atoms. The Morgan fingerprint density at radius 3 is 2.55 bits per heavy atom. The Labute approximate surface area is 128 Å². The fourth-order valence-corrected chi connectivity index (χ4v) is 2.47. The molecule has 22 heavy (non-hydrogen) atoms. The van der Waals surface area contributed by atoms with Crippen LogP contribution in [-0.2, 0) is 0 Å². The van der Waals surface area contributed by atoms with Crippen LogP contribution in [0.2, 0.25) is 0 Å². The molecule has 2 rings (SSSR count). The fraction of sp³-hybridized carbons (Fsp3) is 0.471. The summed E-state index contributed by atoms with van der Waals surface area (Å²) in [5.74, 6) is -1.05. The van der Waals surface area contributed by atoms with Crippen molar-refractivity contribution in [2.45, 2.75) is 52.4 Å². The molecule has 0 radical (unpaired) electrons. The van der Waals surface area contributed by atoms with Crippen molar-refractivity contribution >= 4 is 22.8 Å². The number of hydrogen-bond donors (Lipinski definition) is 0. The Morgan fingerprint density at radius 2 is 1.86 bits per heavy atom. The van der Waals surface area contributed by atoms with Gasteiger partial charge in [-0.1, -0.05) is 32.6 Å². The van der Waals surface area contributed by atoms with E-state index in [9.17, 15) is 14.4 Å². The van der Waals surface area contributed by atoms with Crippen molar-refractivity contribution in [3.63, 3.8) is 0 Å². The molecule has 0 aliphatic carbocycles. The molecule has 0 unspecified atom stereocenters. The van der Waals surface area contributed by atoms with Gasteiger partial charge >= 0.3 is 5.76 Å². The number of ketones is 1. The molecule has 0 aliphatic rings. The third-order valence-electron chi connectivity index (χ3n) is 3.73. The molecule has 0 N–H and O–H groups in total. The number of hydrogen-bond acceptors (Lipinski definition) is 4. The lowest BCUT2D eigenvalue weighted by atomic mass is 10.1. The Kier molecular flexibility index (Phi) is 5.31. The third-order valence-corrected chi connectivity index (χ3v) is 3.73. The monoisotopic (exact) mass is 303 g/mol.